The monoisotopic (exact) mass is 244 g/mol. The Morgan fingerprint density at radius 3 is 1.93 bits per heavy atom. The topological polar surface area (TPSA) is 74.3 Å². The number of hydrogen-bond donors (Lipinski definition) is 0. The number of carbonyl (C=O) groups is 1. The van der Waals surface area contributed by atoms with Crippen molar-refractivity contribution in [2.75, 3.05) is 6.26 Å². The van der Waals surface area contributed by atoms with Crippen LogP contribution in [-0.2, 0) is 14.6 Å². The molecule has 1 saturated carbocycles. The van der Waals surface area contributed by atoms with Gasteiger partial charge in [0.05, 0.1) is 5.25 Å². The van der Waals surface area contributed by atoms with E-state index in [0.717, 1.165) is 0 Å². The Labute approximate surface area is 127 Å². The summed E-state index contributed by atoms with van der Waals surface area (Å²) in [6.45, 7) is 0. The number of rotatable bonds is 2. The quantitative estimate of drug-likeness (QED) is 0.469. The number of hydrogen-bond acceptors (Lipinski definition) is 4. The summed E-state index contributed by atoms with van der Waals surface area (Å²) in [5.41, 5.74) is 0. The van der Waals surface area contributed by atoms with E-state index in [1.54, 1.807) is 0 Å². The predicted molar refractivity (Wildman–Crippen MR) is 45.6 cm³/mol. The first kappa shape index (κ1) is 15.1. The molecule has 0 amide bonds. The first-order valence-electron chi connectivity index (χ1n) is 4.31. The Hall–Kier alpha value is 1.06. The van der Waals surface area contributed by atoms with E-state index >= 15 is 0 Å². The van der Waals surface area contributed by atoms with Gasteiger partial charge in [0.25, 0.3) is 0 Å². The van der Waals surface area contributed by atoms with Crippen molar-refractivity contribution in [3.63, 3.8) is 0 Å². The molecule has 76 valence electrons. The zero-order valence-corrected chi connectivity index (χ0v) is 12.5. The van der Waals surface area contributed by atoms with E-state index in [0.29, 0.717) is 25.7 Å². The van der Waals surface area contributed by atoms with Gasteiger partial charge in [-0.3, -0.25) is 0 Å². The van der Waals surface area contributed by atoms with Crippen molar-refractivity contribution in [3.05, 3.63) is 0 Å². The third-order valence-corrected chi connectivity index (χ3v) is 4.30. The molecule has 1 aliphatic carbocycles. The SMILES string of the molecule is CS(=O)(=O)C1CCC(C(=O)[O-])CC1.[K+]. The van der Waals surface area contributed by atoms with Crippen molar-refractivity contribution in [2.45, 2.75) is 30.9 Å². The smallest absolute Gasteiger partial charge is 0.550 e. The van der Waals surface area contributed by atoms with E-state index in [1.807, 2.05) is 0 Å². The second-order valence-corrected chi connectivity index (χ2v) is 5.95. The van der Waals surface area contributed by atoms with E-state index in [4.69, 9.17) is 0 Å². The maximum atomic E-state index is 11.1. The van der Waals surface area contributed by atoms with Gasteiger partial charge in [-0.1, -0.05) is 0 Å². The minimum atomic E-state index is -2.99. The van der Waals surface area contributed by atoms with Gasteiger partial charge in [-0.15, -0.1) is 0 Å². The zero-order chi connectivity index (χ0) is 10.1. The van der Waals surface area contributed by atoms with Gasteiger partial charge in [0.15, 0.2) is 0 Å². The van der Waals surface area contributed by atoms with Gasteiger partial charge >= 0.3 is 51.4 Å². The molecule has 0 radical (unpaired) electrons. The number of carbonyl (C=O) groups excluding carboxylic acids is 1. The molecule has 0 atom stereocenters. The van der Waals surface area contributed by atoms with Crippen LogP contribution in [0.1, 0.15) is 25.7 Å². The third kappa shape index (κ3) is 4.28. The molecule has 0 aliphatic heterocycles. The van der Waals surface area contributed by atoms with Crippen LogP contribution < -0.4 is 56.5 Å². The Morgan fingerprint density at radius 1 is 1.21 bits per heavy atom. The average molecular weight is 244 g/mol. The van der Waals surface area contributed by atoms with Crippen molar-refractivity contribution >= 4 is 15.8 Å². The van der Waals surface area contributed by atoms with Crippen LogP contribution in [-0.4, -0.2) is 25.9 Å². The Morgan fingerprint density at radius 2 is 1.64 bits per heavy atom. The van der Waals surface area contributed by atoms with Crippen LogP contribution in [0.15, 0.2) is 0 Å². The Bertz CT molecular complexity index is 290. The Balaban J connectivity index is 0.00000169. The molecular weight excluding hydrogens is 231 g/mol. The molecule has 0 spiro atoms. The second-order valence-electron chi connectivity index (χ2n) is 3.62. The fraction of sp³-hybridized carbons (Fsp3) is 0.875. The molecule has 0 heterocycles. The summed E-state index contributed by atoms with van der Waals surface area (Å²) >= 11 is 0. The molecule has 0 bridgehead atoms. The molecule has 0 aromatic heterocycles. The van der Waals surface area contributed by atoms with Crippen LogP contribution in [0, 0.1) is 5.92 Å². The van der Waals surface area contributed by atoms with E-state index < -0.39 is 21.7 Å². The molecule has 1 fully saturated rings. The van der Waals surface area contributed by atoms with Crippen molar-refractivity contribution in [2.24, 2.45) is 5.92 Å². The largest absolute Gasteiger partial charge is 1.00 e. The van der Waals surface area contributed by atoms with Gasteiger partial charge < -0.3 is 9.90 Å². The minimum absolute atomic E-state index is 0. The van der Waals surface area contributed by atoms with Crippen LogP contribution in [0.3, 0.4) is 0 Å². The summed E-state index contributed by atoms with van der Waals surface area (Å²) < 4.78 is 22.2. The molecule has 0 aromatic rings. The van der Waals surface area contributed by atoms with Gasteiger partial charge in [-0.25, -0.2) is 8.42 Å². The van der Waals surface area contributed by atoms with Crippen molar-refractivity contribution in [3.8, 4) is 0 Å². The third-order valence-electron chi connectivity index (χ3n) is 2.61. The van der Waals surface area contributed by atoms with E-state index in [9.17, 15) is 18.3 Å². The molecule has 4 nitrogen and oxygen atoms in total. The molecule has 6 heteroatoms. The van der Waals surface area contributed by atoms with E-state index in [-0.39, 0.29) is 56.6 Å². The summed E-state index contributed by atoms with van der Waals surface area (Å²) in [4.78, 5) is 10.5. The molecule has 0 unspecified atom stereocenters. The molecular formula is C8H13KO4S. The van der Waals surface area contributed by atoms with Gasteiger partial charge in [0, 0.05) is 12.2 Å². The fourth-order valence-electron chi connectivity index (χ4n) is 1.73. The summed E-state index contributed by atoms with van der Waals surface area (Å²) in [6.07, 6.45) is 2.98. The van der Waals surface area contributed by atoms with Gasteiger partial charge in [0.1, 0.15) is 9.84 Å². The number of carboxylic acids is 1. The summed E-state index contributed by atoms with van der Waals surface area (Å²) in [7, 11) is -2.99. The second kappa shape index (κ2) is 5.96. The first-order valence-corrected chi connectivity index (χ1v) is 6.26. The van der Waals surface area contributed by atoms with E-state index in [2.05, 4.69) is 0 Å². The predicted octanol–water partition coefficient (Wildman–Crippen LogP) is -3.66. The zero-order valence-electron chi connectivity index (χ0n) is 8.52. The number of aliphatic carboxylic acids is 1. The fourth-order valence-corrected chi connectivity index (χ4v) is 2.86. The first-order chi connectivity index (χ1) is 5.91. The minimum Gasteiger partial charge on any atom is -0.550 e. The van der Waals surface area contributed by atoms with Crippen molar-refractivity contribution in [1.82, 2.24) is 0 Å². The van der Waals surface area contributed by atoms with Crippen molar-refractivity contribution in [1.29, 1.82) is 0 Å². The molecule has 0 N–H and O–H groups in total. The van der Waals surface area contributed by atoms with Gasteiger partial charge in [-0.2, -0.15) is 0 Å². The molecule has 14 heavy (non-hydrogen) atoms. The normalized spacial score (nSPS) is 27.8. The number of sulfone groups is 1. The maximum absolute atomic E-state index is 11.1. The molecule has 0 saturated heterocycles. The molecule has 1 rings (SSSR count). The van der Waals surface area contributed by atoms with Gasteiger partial charge in [0.2, 0.25) is 0 Å². The van der Waals surface area contributed by atoms with Crippen molar-refractivity contribution < 1.29 is 69.7 Å². The van der Waals surface area contributed by atoms with Crippen LogP contribution in [0.2, 0.25) is 0 Å². The summed E-state index contributed by atoms with van der Waals surface area (Å²) in [6, 6.07) is 0. The number of carboxylic acid groups (broad SMARTS) is 1. The molecule has 1 aliphatic rings. The van der Waals surface area contributed by atoms with Crippen LogP contribution in [0.5, 0.6) is 0 Å². The Kier molecular flexibility index (Phi) is 6.41. The summed E-state index contributed by atoms with van der Waals surface area (Å²) in [5.74, 6) is -1.50. The van der Waals surface area contributed by atoms with E-state index in [1.165, 1.54) is 6.26 Å². The van der Waals surface area contributed by atoms with Crippen LogP contribution >= 0.6 is 0 Å². The van der Waals surface area contributed by atoms with Crippen LogP contribution in [0.4, 0.5) is 0 Å². The van der Waals surface area contributed by atoms with Crippen LogP contribution in [0.25, 0.3) is 0 Å². The summed E-state index contributed by atoms with van der Waals surface area (Å²) in [5, 5.41) is 10.1. The average Bonchev–Trinajstić information content (AvgIpc) is 2.03. The maximum Gasteiger partial charge on any atom is 1.00 e. The standard InChI is InChI=1S/C8H14O4S.K/c1-13(11,12)7-4-2-6(3-5-7)8(9)10;/h6-7H,2-5H2,1H3,(H,9,10);/q;+1/p-1. The molecule has 0 aromatic carbocycles. The van der Waals surface area contributed by atoms with Gasteiger partial charge in [-0.05, 0) is 31.6 Å².